The lowest BCUT2D eigenvalue weighted by atomic mass is 9.91. The summed E-state index contributed by atoms with van der Waals surface area (Å²) in [7, 11) is 0. The van der Waals surface area contributed by atoms with E-state index in [0.717, 1.165) is 31.2 Å². The molecule has 10 heteroatoms. The molecule has 39 heavy (non-hydrogen) atoms. The minimum atomic E-state index is -0.253. The lowest BCUT2D eigenvalue weighted by Gasteiger charge is -2.28. The summed E-state index contributed by atoms with van der Waals surface area (Å²) in [5, 5.41) is 11.4. The zero-order valence-corrected chi connectivity index (χ0v) is 22.3. The highest BCUT2D eigenvalue weighted by Crippen LogP contribution is 2.36. The number of anilines is 2. The molecular weight excluding hydrogens is 492 g/mol. The van der Waals surface area contributed by atoms with Gasteiger partial charge in [0.2, 0.25) is 0 Å². The molecular formula is C29H32N8O2. The maximum atomic E-state index is 12.6. The van der Waals surface area contributed by atoms with Gasteiger partial charge in [-0.1, -0.05) is 38.0 Å². The quantitative estimate of drug-likeness (QED) is 0.329. The van der Waals surface area contributed by atoms with Gasteiger partial charge in [-0.15, -0.1) is 0 Å². The topological polar surface area (TPSA) is 141 Å². The number of rotatable bonds is 5. The molecule has 1 aliphatic carbocycles. The zero-order chi connectivity index (χ0) is 27.8. The first-order valence-corrected chi connectivity index (χ1v) is 13.1. The Morgan fingerprint density at radius 2 is 1.74 bits per heavy atom. The van der Waals surface area contributed by atoms with Crippen LogP contribution in [0.3, 0.4) is 0 Å². The van der Waals surface area contributed by atoms with Crippen molar-refractivity contribution < 1.29 is 9.59 Å². The number of fused-ring (bicyclic) bond motifs is 1. The SMILES string of the molecule is CC.CC#CC(=O)NC1CCC(n2nc(-c3ccc(C(=O)Nc4ccccn4)cc3)c3c(N)ncnc32)CC1. The van der Waals surface area contributed by atoms with Crippen LogP contribution in [0.5, 0.6) is 0 Å². The smallest absolute Gasteiger partial charge is 0.296 e. The van der Waals surface area contributed by atoms with Gasteiger partial charge in [0.1, 0.15) is 23.7 Å². The number of pyridine rings is 1. The van der Waals surface area contributed by atoms with E-state index in [-0.39, 0.29) is 23.9 Å². The Bertz CT molecular complexity index is 1500. The number of nitrogens with two attached hydrogens (primary N) is 1. The first-order valence-electron chi connectivity index (χ1n) is 13.1. The molecule has 10 nitrogen and oxygen atoms in total. The van der Waals surface area contributed by atoms with Crippen molar-refractivity contribution in [1.82, 2.24) is 30.0 Å². The first kappa shape index (κ1) is 27.3. The summed E-state index contributed by atoms with van der Waals surface area (Å²) < 4.78 is 1.92. The van der Waals surface area contributed by atoms with E-state index < -0.39 is 0 Å². The molecule has 2 amide bonds. The standard InChI is InChI=1S/C27H26N8O2.C2H6/c1-2-5-22(36)32-19-11-13-20(14-12-19)35-26-23(25(28)30-16-31-26)24(34-35)17-7-9-18(10-8-17)27(37)33-21-6-3-4-15-29-21;1-2/h3-4,6-10,15-16,19-20H,11-14H2,1H3,(H,32,36)(H2,28,30,31)(H,29,33,37);1-2H3. The summed E-state index contributed by atoms with van der Waals surface area (Å²) >= 11 is 0. The number of nitrogens with zero attached hydrogens (tertiary/aromatic N) is 5. The zero-order valence-electron chi connectivity index (χ0n) is 22.3. The molecule has 3 aromatic heterocycles. The molecule has 5 rings (SSSR count). The second-order valence-corrected chi connectivity index (χ2v) is 8.85. The fraction of sp³-hybridized carbons (Fsp3) is 0.310. The van der Waals surface area contributed by atoms with Gasteiger partial charge in [0.25, 0.3) is 11.8 Å². The Morgan fingerprint density at radius 1 is 1.00 bits per heavy atom. The predicted molar refractivity (Wildman–Crippen MR) is 152 cm³/mol. The molecule has 200 valence electrons. The van der Waals surface area contributed by atoms with Gasteiger partial charge in [0, 0.05) is 23.4 Å². The van der Waals surface area contributed by atoms with Crippen LogP contribution in [0.1, 0.15) is 62.9 Å². The van der Waals surface area contributed by atoms with Crippen molar-refractivity contribution in [3.8, 4) is 23.1 Å². The van der Waals surface area contributed by atoms with E-state index in [0.29, 0.717) is 33.9 Å². The minimum absolute atomic E-state index is 0.0929. The Morgan fingerprint density at radius 3 is 2.41 bits per heavy atom. The Labute approximate surface area is 227 Å². The summed E-state index contributed by atoms with van der Waals surface area (Å²) in [6.07, 6.45) is 6.36. The highest BCUT2D eigenvalue weighted by atomic mass is 16.2. The monoisotopic (exact) mass is 524 g/mol. The van der Waals surface area contributed by atoms with Gasteiger partial charge >= 0.3 is 0 Å². The second kappa shape index (κ2) is 12.6. The molecule has 3 heterocycles. The van der Waals surface area contributed by atoms with Crippen molar-refractivity contribution in [3.63, 3.8) is 0 Å². The van der Waals surface area contributed by atoms with Gasteiger partial charge in [0.15, 0.2) is 5.65 Å². The van der Waals surface area contributed by atoms with E-state index in [2.05, 4.69) is 37.4 Å². The predicted octanol–water partition coefficient (Wildman–Crippen LogP) is 4.37. The molecule has 1 aliphatic rings. The van der Waals surface area contributed by atoms with Crippen molar-refractivity contribution >= 4 is 34.5 Å². The minimum Gasteiger partial charge on any atom is -0.383 e. The van der Waals surface area contributed by atoms with Crippen molar-refractivity contribution in [2.45, 2.75) is 58.5 Å². The summed E-state index contributed by atoms with van der Waals surface area (Å²) in [5.74, 6) is 5.50. The second-order valence-electron chi connectivity index (χ2n) is 8.85. The molecule has 0 atom stereocenters. The summed E-state index contributed by atoms with van der Waals surface area (Å²) in [4.78, 5) is 37.3. The Balaban J connectivity index is 0.00000172. The largest absolute Gasteiger partial charge is 0.383 e. The molecule has 0 unspecified atom stereocenters. The normalized spacial score (nSPS) is 16.3. The number of hydrogen-bond acceptors (Lipinski definition) is 7. The van der Waals surface area contributed by atoms with Crippen molar-refractivity contribution in [3.05, 3.63) is 60.6 Å². The lowest BCUT2D eigenvalue weighted by Crippen LogP contribution is -2.37. The third-order valence-electron chi connectivity index (χ3n) is 6.46. The molecule has 0 saturated heterocycles. The maximum Gasteiger partial charge on any atom is 0.296 e. The van der Waals surface area contributed by atoms with Gasteiger partial charge in [-0.2, -0.15) is 5.10 Å². The maximum absolute atomic E-state index is 12.6. The van der Waals surface area contributed by atoms with Crippen LogP contribution in [0.4, 0.5) is 11.6 Å². The number of nitrogen functional groups attached to an aromatic ring is 1. The van der Waals surface area contributed by atoms with Crippen molar-refractivity contribution in [1.29, 1.82) is 0 Å². The Hall–Kier alpha value is -4.78. The summed E-state index contributed by atoms with van der Waals surface area (Å²) in [6, 6.07) is 12.7. The van der Waals surface area contributed by atoms with Gasteiger partial charge in [-0.3, -0.25) is 9.59 Å². The van der Waals surface area contributed by atoms with Gasteiger partial charge in [-0.05, 0) is 62.8 Å². The van der Waals surface area contributed by atoms with Crippen LogP contribution in [-0.2, 0) is 4.79 Å². The van der Waals surface area contributed by atoms with E-state index in [9.17, 15) is 9.59 Å². The molecule has 1 fully saturated rings. The average Bonchev–Trinajstić information content (AvgIpc) is 3.36. The van der Waals surface area contributed by atoms with Crippen LogP contribution < -0.4 is 16.4 Å². The van der Waals surface area contributed by atoms with Gasteiger partial charge in [0.05, 0.1) is 11.4 Å². The van der Waals surface area contributed by atoms with E-state index in [1.54, 1.807) is 37.4 Å². The number of carbonyl (C=O) groups excluding carboxylic acids is 2. The fourth-order valence-corrected chi connectivity index (χ4v) is 4.66. The van der Waals surface area contributed by atoms with Crippen molar-refractivity contribution in [2.75, 3.05) is 11.1 Å². The van der Waals surface area contributed by atoms with Crippen LogP contribution in [0, 0.1) is 11.8 Å². The van der Waals surface area contributed by atoms with Crippen LogP contribution in [0.2, 0.25) is 0 Å². The Kier molecular flexibility index (Phi) is 8.84. The summed E-state index contributed by atoms with van der Waals surface area (Å²) in [5.41, 5.74) is 8.91. The number of nitrogens with one attached hydrogen (secondary N) is 2. The van der Waals surface area contributed by atoms with Crippen molar-refractivity contribution in [2.24, 2.45) is 0 Å². The number of carbonyl (C=O) groups is 2. The highest BCUT2D eigenvalue weighted by molar-refractivity contribution is 6.04. The molecule has 0 aliphatic heterocycles. The number of hydrogen-bond donors (Lipinski definition) is 3. The van der Waals surface area contributed by atoms with E-state index >= 15 is 0 Å². The fourth-order valence-electron chi connectivity index (χ4n) is 4.66. The molecule has 4 aromatic rings. The van der Waals surface area contributed by atoms with Crippen LogP contribution in [-0.4, -0.2) is 42.6 Å². The number of aromatic nitrogens is 5. The van der Waals surface area contributed by atoms with Gasteiger partial charge in [-0.25, -0.2) is 19.6 Å². The average molecular weight is 525 g/mol. The highest BCUT2D eigenvalue weighted by Gasteiger charge is 2.27. The molecule has 0 radical (unpaired) electrons. The van der Waals surface area contributed by atoms with Gasteiger partial charge < -0.3 is 16.4 Å². The van der Waals surface area contributed by atoms with E-state index in [1.807, 2.05) is 36.7 Å². The van der Waals surface area contributed by atoms with Crippen LogP contribution in [0.15, 0.2) is 55.0 Å². The molecule has 1 saturated carbocycles. The van der Waals surface area contributed by atoms with Crippen LogP contribution >= 0.6 is 0 Å². The molecule has 4 N–H and O–H groups in total. The third-order valence-corrected chi connectivity index (χ3v) is 6.46. The molecule has 0 bridgehead atoms. The third kappa shape index (κ3) is 6.21. The lowest BCUT2D eigenvalue weighted by molar-refractivity contribution is -0.116. The molecule has 1 aromatic carbocycles. The first-order chi connectivity index (χ1) is 19.0. The number of benzene rings is 1. The number of amides is 2. The van der Waals surface area contributed by atoms with Crippen LogP contribution in [0.25, 0.3) is 22.3 Å². The molecule has 0 spiro atoms. The van der Waals surface area contributed by atoms with E-state index in [4.69, 9.17) is 10.8 Å². The summed E-state index contributed by atoms with van der Waals surface area (Å²) in [6.45, 7) is 5.65. The van der Waals surface area contributed by atoms with E-state index in [1.165, 1.54) is 6.33 Å².